The van der Waals surface area contributed by atoms with Crippen molar-refractivity contribution in [1.82, 2.24) is 4.31 Å². The van der Waals surface area contributed by atoms with Crippen LogP contribution < -0.4 is 0 Å². The van der Waals surface area contributed by atoms with Crippen molar-refractivity contribution in [2.45, 2.75) is 31.2 Å². The molecule has 0 unspecified atom stereocenters. The van der Waals surface area contributed by atoms with Crippen LogP contribution in [0.1, 0.15) is 33.2 Å². The number of aryl methyl sites for hydroxylation is 2. The molecule has 1 aliphatic rings. The second-order valence-corrected chi connectivity index (χ2v) is 9.63. The van der Waals surface area contributed by atoms with Crippen molar-refractivity contribution in [3.63, 3.8) is 0 Å². The normalized spacial score (nSPS) is 17.8. The molecule has 4 rings (SSSR count). The van der Waals surface area contributed by atoms with E-state index < -0.39 is 10.0 Å². The van der Waals surface area contributed by atoms with E-state index in [1.54, 1.807) is 27.8 Å². The van der Waals surface area contributed by atoms with E-state index in [1.807, 2.05) is 50.2 Å². The molecule has 1 aliphatic heterocycles. The monoisotopic (exact) mass is 383 g/mol. The lowest BCUT2D eigenvalue weighted by atomic mass is 9.92. The second kappa shape index (κ2) is 6.65. The summed E-state index contributed by atoms with van der Waals surface area (Å²) in [6, 6.07) is 17.0. The van der Waals surface area contributed by atoms with E-state index in [2.05, 4.69) is 11.4 Å². The fraction of sp³-hybridized carbons (Fsp3) is 0.238. The smallest absolute Gasteiger partial charge is 0.207 e. The van der Waals surface area contributed by atoms with Crippen LogP contribution in [-0.2, 0) is 16.4 Å². The molecule has 1 atom stereocenters. The van der Waals surface area contributed by atoms with Crippen molar-refractivity contribution in [2.75, 3.05) is 6.54 Å². The first-order chi connectivity index (χ1) is 12.5. The molecule has 0 aliphatic carbocycles. The third kappa shape index (κ3) is 2.90. The predicted octanol–water partition coefficient (Wildman–Crippen LogP) is 4.70. The first kappa shape index (κ1) is 17.5. The molecule has 2 aromatic carbocycles. The molecule has 0 radical (unpaired) electrons. The van der Waals surface area contributed by atoms with Gasteiger partial charge in [0.05, 0.1) is 10.9 Å². The minimum absolute atomic E-state index is 0.266. The van der Waals surface area contributed by atoms with Crippen molar-refractivity contribution < 1.29 is 8.42 Å². The topological polar surface area (TPSA) is 37.4 Å². The van der Waals surface area contributed by atoms with Crippen LogP contribution in [0, 0.1) is 13.8 Å². The predicted molar refractivity (Wildman–Crippen MR) is 106 cm³/mol. The first-order valence-electron chi connectivity index (χ1n) is 8.69. The standard InChI is InChI=1S/C21H21NO2S2/c1-15-7-9-17(10-8-15)26(23,24)22-13-11-20-19(12-14-25-20)21(22)18-6-4-3-5-16(18)2/h3-10,12,14,21H,11,13H2,1-2H3/t21-/m1/s1. The van der Waals surface area contributed by atoms with Gasteiger partial charge in [-0.05, 0) is 60.5 Å². The van der Waals surface area contributed by atoms with E-state index in [4.69, 9.17) is 0 Å². The number of nitrogens with zero attached hydrogens (tertiary/aromatic N) is 1. The zero-order chi connectivity index (χ0) is 18.3. The van der Waals surface area contributed by atoms with Crippen molar-refractivity contribution in [1.29, 1.82) is 0 Å². The number of thiophene rings is 1. The van der Waals surface area contributed by atoms with Gasteiger partial charge in [0, 0.05) is 11.4 Å². The van der Waals surface area contributed by atoms with Crippen LogP contribution >= 0.6 is 11.3 Å². The minimum atomic E-state index is -3.58. The molecule has 26 heavy (non-hydrogen) atoms. The Bertz CT molecular complexity index is 1040. The summed E-state index contributed by atoms with van der Waals surface area (Å²) in [4.78, 5) is 1.65. The highest BCUT2D eigenvalue weighted by molar-refractivity contribution is 7.89. The molecule has 134 valence electrons. The molecule has 0 fully saturated rings. The molecule has 0 saturated carbocycles. The molecule has 0 spiro atoms. The number of rotatable bonds is 3. The van der Waals surface area contributed by atoms with Crippen molar-refractivity contribution in [2.24, 2.45) is 0 Å². The van der Waals surface area contributed by atoms with Crippen LogP contribution in [0.4, 0.5) is 0 Å². The lowest BCUT2D eigenvalue weighted by Gasteiger charge is -2.36. The van der Waals surface area contributed by atoms with E-state index in [-0.39, 0.29) is 6.04 Å². The molecule has 0 N–H and O–H groups in total. The largest absolute Gasteiger partial charge is 0.243 e. The Kier molecular flexibility index (Phi) is 4.47. The summed E-state index contributed by atoms with van der Waals surface area (Å²) < 4.78 is 28.6. The third-order valence-corrected chi connectivity index (χ3v) is 7.91. The van der Waals surface area contributed by atoms with Crippen LogP contribution in [0.15, 0.2) is 64.9 Å². The van der Waals surface area contributed by atoms with Gasteiger partial charge in [-0.1, -0.05) is 42.0 Å². The average Bonchev–Trinajstić information content (AvgIpc) is 3.10. The Morgan fingerprint density at radius 1 is 0.962 bits per heavy atom. The Morgan fingerprint density at radius 3 is 2.42 bits per heavy atom. The van der Waals surface area contributed by atoms with Crippen LogP contribution in [0.5, 0.6) is 0 Å². The maximum atomic E-state index is 13.5. The highest BCUT2D eigenvalue weighted by Crippen LogP contribution is 2.41. The molecule has 0 saturated heterocycles. The number of fused-ring (bicyclic) bond motifs is 1. The molecule has 2 heterocycles. The van der Waals surface area contributed by atoms with Gasteiger partial charge in [-0.2, -0.15) is 4.31 Å². The molecule has 0 bridgehead atoms. The van der Waals surface area contributed by atoms with Gasteiger partial charge in [0.25, 0.3) is 0 Å². The number of hydrogen-bond acceptors (Lipinski definition) is 3. The van der Waals surface area contributed by atoms with E-state index in [9.17, 15) is 8.42 Å². The molecule has 0 amide bonds. The molecule has 5 heteroatoms. The minimum Gasteiger partial charge on any atom is -0.207 e. The number of hydrogen-bond donors (Lipinski definition) is 0. The van der Waals surface area contributed by atoms with E-state index in [1.165, 1.54) is 4.88 Å². The van der Waals surface area contributed by atoms with Crippen LogP contribution in [0.25, 0.3) is 0 Å². The van der Waals surface area contributed by atoms with Gasteiger partial charge in [0.15, 0.2) is 0 Å². The fourth-order valence-electron chi connectivity index (χ4n) is 3.61. The molecular formula is C21H21NO2S2. The molecule has 1 aromatic heterocycles. The molecular weight excluding hydrogens is 362 g/mol. The third-order valence-electron chi connectivity index (χ3n) is 5.03. The summed E-state index contributed by atoms with van der Waals surface area (Å²) in [7, 11) is -3.58. The summed E-state index contributed by atoms with van der Waals surface area (Å²) in [5, 5.41) is 2.07. The second-order valence-electron chi connectivity index (χ2n) is 6.74. The quantitative estimate of drug-likeness (QED) is 0.657. The summed E-state index contributed by atoms with van der Waals surface area (Å²) in [5.41, 5.74) is 4.34. The Morgan fingerprint density at radius 2 is 1.69 bits per heavy atom. The lowest BCUT2D eigenvalue weighted by Crippen LogP contribution is -2.40. The van der Waals surface area contributed by atoms with Gasteiger partial charge < -0.3 is 0 Å². The molecule has 3 aromatic rings. The summed E-state index contributed by atoms with van der Waals surface area (Å²) in [6.45, 7) is 4.51. The highest BCUT2D eigenvalue weighted by Gasteiger charge is 2.38. The van der Waals surface area contributed by atoms with Crippen LogP contribution in [0.3, 0.4) is 0 Å². The Balaban J connectivity index is 1.87. The number of sulfonamides is 1. The molecule has 3 nitrogen and oxygen atoms in total. The van der Waals surface area contributed by atoms with Gasteiger partial charge in [0.2, 0.25) is 10.0 Å². The van der Waals surface area contributed by atoms with Crippen LogP contribution in [-0.4, -0.2) is 19.3 Å². The van der Waals surface area contributed by atoms with E-state index >= 15 is 0 Å². The van der Waals surface area contributed by atoms with Crippen molar-refractivity contribution in [3.05, 3.63) is 87.1 Å². The zero-order valence-electron chi connectivity index (χ0n) is 14.8. The van der Waals surface area contributed by atoms with E-state index in [0.29, 0.717) is 11.4 Å². The van der Waals surface area contributed by atoms with Crippen molar-refractivity contribution >= 4 is 21.4 Å². The van der Waals surface area contributed by atoms with Gasteiger partial charge in [-0.25, -0.2) is 8.42 Å². The Labute approximate surface area is 159 Å². The maximum absolute atomic E-state index is 13.5. The average molecular weight is 384 g/mol. The summed E-state index contributed by atoms with van der Waals surface area (Å²) in [5.74, 6) is 0. The van der Waals surface area contributed by atoms with E-state index in [0.717, 1.165) is 28.7 Å². The summed E-state index contributed by atoms with van der Waals surface area (Å²) >= 11 is 1.72. The summed E-state index contributed by atoms with van der Waals surface area (Å²) in [6.07, 6.45) is 0.764. The zero-order valence-corrected chi connectivity index (χ0v) is 16.5. The van der Waals surface area contributed by atoms with Gasteiger partial charge in [-0.15, -0.1) is 11.3 Å². The number of benzene rings is 2. The lowest BCUT2D eigenvalue weighted by molar-refractivity contribution is 0.346. The maximum Gasteiger partial charge on any atom is 0.243 e. The van der Waals surface area contributed by atoms with Gasteiger partial charge in [0.1, 0.15) is 0 Å². The van der Waals surface area contributed by atoms with Crippen molar-refractivity contribution in [3.8, 4) is 0 Å². The fourth-order valence-corrected chi connectivity index (χ4v) is 6.11. The van der Waals surface area contributed by atoms with Crippen LogP contribution in [0.2, 0.25) is 0 Å². The first-order valence-corrected chi connectivity index (χ1v) is 11.0. The SMILES string of the molecule is Cc1ccc(S(=O)(=O)N2CCc3sccc3[C@H]2c2ccccc2C)cc1. The van der Waals surface area contributed by atoms with Gasteiger partial charge in [-0.3, -0.25) is 0 Å². The highest BCUT2D eigenvalue weighted by atomic mass is 32.2. The van der Waals surface area contributed by atoms with Gasteiger partial charge >= 0.3 is 0 Å². The Hall–Kier alpha value is -1.95.